The van der Waals surface area contributed by atoms with Crippen LogP contribution in [0.25, 0.3) is 11.3 Å². The summed E-state index contributed by atoms with van der Waals surface area (Å²) in [6.45, 7) is 4.48. The molecule has 1 saturated heterocycles. The molecule has 0 radical (unpaired) electrons. The fraction of sp³-hybridized carbons (Fsp3) is 0.375. The molecule has 0 saturated carbocycles. The molecule has 3 heterocycles. The van der Waals surface area contributed by atoms with E-state index < -0.39 is 5.41 Å². The van der Waals surface area contributed by atoms with Crippen molar-refractivity contribution in [1.82, 2.24) is 15.0 Å². The smallest absolute Gasteiger partial charge is 0.313 e. The van der Waals surface area contributed by atoms with Crippen molar-refractivity contribution in [2.45, 2.75) is 32.7 Å². The molecule has 30 heavy (non-hydrogen) atoms. The van der Waals surface area contributed by atoms with Crippen molar-refractivity contribution < 1.29 is 14.1 Å². The number of hydrogen-bond acceptors (Lipinski definition) is 6. The zero-order valence-electron chi connectivity index (χ0n) is 17.3. The van der Waals surface area contributed by atoms with Crippen LogP contribution in [-0.2, 0) is 22.5 Å². The molecule has 0 spiro atoms. The number of piperidine rings is 1. The average Bonchev–Trinajstić information content (AvgIpc) is 3.24. The predicted molar refractivity (Wildman–Crippen MR) is 113 cm³/mol. The molecule has 2 aromatic heterocycles. The van der Waals surface area contributed by atoms with Gasteiger partial charge in [-0.15, -0.1) is 0 Å². The summed E-state index contributed by atoms with van der Waals surface area (Å²) in [5.74, 6) is 0.551. The van der Waals surface area contributed by atoms with Crippen molar-refractivity contribution in [2.24, 2.45) is 5.41 Å². The van der Waals surface area contributed by atoms with Gasteiger partial charge in [0.1, 0.15) is 11.5 Å². The first kappa shape index (κ1) is 20.3. The minimum atomic E-state index is -0.642. The number of likely N-dealkylation sites (tertiary alicyclic amines) is 1. The molecule has 1 aromatic carbocycles. The Morgan fingerprint density at radius 1 is 1.20 bits per heavy atom. The summed E-state index contributed by atoms with van der Waals surface area (Å²) in [5.41, 5.74) is 2.14. The highest BCUT2D eigenvalue weighted by atomic mass is 16.5. The van der Waals surface area contributed by atoms with Crippen LogP contribution in [-0.4, -0.2) is 40.7 Å². The quantitative estimate of drug-likeness (QED) is 0.551. The second-order valence-electron chi connectivity index (χ2n) is 7.86. The normalized spacial score (nSPS) is 19.5. The molecule has 0 bridgehead atoms. The van der Waals surface area contributed by atoms with Crippen LogP contribution < -0.4 is 0 Å². The second-order valence-corrected chi connectivity index (χ2v) is 7.86. The molecule has 1 unspecified atom stereocenters. The van der Waals surface area contributed by atoms with Crippen LogP contribution in [0.3, 0.4) is 0 Å². The number of rotatable bonds is 7. The van der Waals surface area contributed by atoms with E-state index in [9.17, 15) is 4.79 Å². The third-order valence-electron chi connectivity index (χ3n) is 5.62. The summed E-state index contributed by atoms with van der Waals surface area (Å²) in [6.07, 6.45) is 3.97. The Morgan fingerprint density at radius 3 is 2.80 bits per heavy atom. The lowest BCUT2D eigenvalue weighted by molar-refractivity contribution is -0.159. The van der Waals surface area contributed by atoms with Crippen molar-refractivity contribution in [3.8, 4) is 11.3 Å². The van der Waals surface area contributed by atoms with Crippen molar-refractivity contribution >= 4 is 5.97 Å². The third-order valence-corrected chi connectivity index (χ3v) is 5.62. The standard InChI is InChI=1S/C24H27N3O3/c1-2-29-23(28)24(12-8-14-27(18-24)17-20-11-6-7-13-25-20)16-21-15-22(26-30-21)19-9-4-3-5-10-19/h3-7,9-11,13,15H,2,8,12,14,16-18H2,1H3. The first-order valence-corrected chi connectivity index (χ1v) is 10.5. The Balaban J connectivity index is 1.55. The fourth-order valence-corrected chi connectivity index (χ4v) is 4.22. The van der Waals surface area contributed by atoms with E-state index >= 15 is 0 Å². The van der Waals surface area contributed by atoms with Crippen LogP contribution >= 0.6 is 0 Å². The first-order chi connectivity index (χ1) is 14.7. The maximum Gasteiger partial charge on any atom is 0.313 e. The average molecular weight is 405 g/mol. The van der Waals surface area contributed by atoms with Gasteiger partial charge in [-0.25, -0.2) is 0 Å². The van der Waals surface area contributed by atoms with E-state index in [-0.39, 0.29) is 5.97 Å². The molecule has 0 N–H and O–H groups in total. The number of carbonyl (C=O) groups excluding carboxylic acids is 1. The number of aromatic nitrogens is 2. The monoisotopic (exact) mass is 405 g/mol. The van der Waals surface area contributed by atoms with Crippen molar-refractivity contribution in [1.29, 1.82) is 0 Å². The van der Waals surface area contributed by atoms with E-state index in [4.69, 9.17) is 9.26 Å². The Morgan fingerprint density at radius 2 is 2.03 bits per heavy atom. The maximum atomic E-state index is 13.1. The van der Waals surface area contributed by atoms with Gasteiger partial charge >= 0.3 is 5.97 Å². The SMILES string of the molecule is CCOC(=O)C1(Cc2cc(-c3ccccc3)no2)CCCN(Cc2ccccn2)C1. The van der Waals surface area contributed by atoms with Gasteiger partial charge in [0.25, 0.3) is 0 Å². The van der Waals surface area contributed by atoms with Crippen LogP contribution in [0.15, 0.2) is 65.3 Å². The number of carbonyl (C=O) groups is 1. The van der Waals surface area contributed by atoms with Gasteiger partial charge in [-0.2, -0.15) is 0 Å². The zero-order chi connectivity index (χ0) is 20.8. The number of esters is 1. The fourth-order valence-electron chi connectivity index (χ4n) is 4.22. The number of benzene rings is 1. The van der Waals surface area contributed by atoms with Gasteiger partial charge in [0, 0.05) is 37.3 Å². The van der Waals surface area contributed by atoms with E-state index in [2.05, 4.69) is 15.0 Å². The third kappa shape index (κ3) is 4.60. The van der Waals surface area contributed by atoms with Crippen LogP contribution in [0, 0.1) is 5.41 Å². The van der Waals surface area contributed by atoms with E-state index in [1.165, 1.54) is 0 Å². The van der Waals surface area contributed by atoms with Crippen molar-refractivity contribution in [3.63, 3.8) is 0 Å². The van der Waals surface area contributed by atoms with E-state index in [0.717, 1.165) is 36.3 Å². The molecule has 6 nitrogen and oxygen atoms in total. The molecule has 4 rings (SSSR count). The van der Waals surface area contributed by atoms with Crippen LogP contribution in [0.2, 0.25) is 0 Å². The summed E-state index contributed by atoms with van der Waals surface area (Å²) < 4.78 is 11.1. The van der Waals surface area contributed by atoms with Crippen molar-refractivity contribution in [3.05, 3.63) is 72.2 Å². The Kier molecular flexibility index (Phi) is 6.23. The Bertz CT molecular complexity index is 958. The van der Waals surface area contributed by atoms with Crippen molar-refractivity contribution in [2.75, 3.05) is 19.7 Å². The highest BCUT2D eigenvalue weighted by Crippen LogP contribution is 2.36. The van der Waals surface area contributed by atoms with Gasteiger partial charge in [-0.3, -0.25) is 14.7 Å². The lowest BCUT2D eigenvalue weighted by atomic mass is 9.76. The lowest BCUT2D eigenvalue weighted by Gasteiger charge is -2.40. The molecule has 1 fully saturated rings. The van der Waals surface area contributed by atoms with E-state index in [0.29, 0.717) is 31.9 Å². The topological polar surface area (TPSA) is 68.5 Å². The zero-order valence-corrected chi connectivity index (χ0v) is 17.3. The summed E-state index contributed by atoms with van der Waals surface area (Å²) in [5, 5.41) is 4.22. The van der Waals surface area contributed by atoms with Gasteiger partial charge in [0.05, 0.1) is 17.7 Å². The van der Waals surface area contributed by atoms with Gasteiger partial charge in [-0.1, -0.05) is 41.6 Å². The minimum absolute atomic E-state index is 0.159. The maximum absolute atomic E-state index is 13.1. The number of hydrogen-bond donors (Lipinski definition) is 0. The van der Waals surface area contributed by atoms with Crippen LogP contribution in [0.4, 0.5) is 0 Å². The summed E-state index contributed by atoms with van der Waals surface area (Å²) in [6, 6.07) is 17.8. The largest absolute Gasteiger partial charge is 0.466 e. The molecule has 1 aliphatic heterocycles. The Hall–Kier alpha value is -2.99. The number of ether oxygens (including phenoxy) is 1. The first-order valence-electron chi connectivity index (χ1n) is 10.5. The van der Waals surface area contributed by atoms with Gasteiger partial charge in [0.2, 0.25) is 0 Å². The summed E-state index contributed by atoms with van der Waals surface area (Å²) in [4.78, 5) is 19.8. The van der Waals surface area contributed by atoms with E-state index in [1.54, 1.807) is 6.20 Å². The Labute approximate surface area is 176 Å². The predicted octanol–water partition coefficient (Wildman–Crippen LogP) is 4.12. The highest BCUT2D eigenvalue weighted by molar-refractivity contribution is 5.77. The summed E-state index contributed by atoms with van der Waals surface area (Å²) >= 11 is 0. The summed E-state index contributed by atoms with van der Waals surface area (Å²) in [7, 11) is 0. The van der Waals surface area contributed by atoms with Gasteiger partial charge in [0.15, 0.2) is 0 Å². The molecule has 0 amide bonds. The molecule has 0 aliphatic carbocycles. The molecule has 1 aliphatic rings. The van der Waals surface area contributed by atoms with Crippen LogP contribution in [0.5, 0.6) is 0 Å². The molecule has 156 valence electrons. The highest BCUT2D eigenvalue weighted by Gasteiger charge is 2.44. The minimum Gasteiger partial charge on any atom is -0.466 e. The molecule has 6 heteroatoms. The molecule has 1 atom stereocenters. The molecular weight excluding hydrogens is 378 g/mol. The number of pyridine rings is 1. The second kappa shape index (κ2) is 9.22. The van der Waals surface area contributed by atoms with Crippen LogP contribution in [0.1, 0.15) is 31.2 Å². The molecular formula is C24H27N3O3. The van der Waals surface area contributed by atoms with Gasteiger partial charge in [-0.05, 0) is 38.4 Å². The molecule has 3 aromatic rings. The van der Waals surface area contributed by atoms with E-state index in [1.807, 2.05) is 61.5 Å². The van der Waals surface area contributed by atoms with Gasteiger partial charge < -0.3 is 9.26 Å². The lowest BCUT2D eigenvalue weighted by Crippen LogP contribution is -2.49. The number of nitrogens with zero attached hydrogens (tertiary/aromatic N) is 3.